The van der Waals surface area contributed by atoms with E-state index in [1.54, 1.807) is 47.4 Å². The molecule has 1 saturated heterocycles. The van der Waals surface area contributed by atoms with Gasteiger partial charge in [-0.25, -0.2) is 9.50 Å². The van der Waals surface area contributed by atoms with Crippen molar-refractivity contribution in [2.75, 3.05) is 24.3 Å². The van der Waals surface area contributed by atoms with Crippen molar-refractivity contribution in [2.24, 2.45) is 0 Å². The lowest BCUT2D eigenvalue weighted by Gasteiger charge is -2.49. The highest BCUT2D eigenvalue weighted by molar-refractivity contribution is 6.35. The highest BCUT2D eigenvalue weighted by Crippen LogP contribution is 2.40. The number of nitrogen functional groups attached to an aromatic ring is 1. The number of hydrogen-bond donors (Lipinski definition) is 1. The molecule has 2 aromatic heterocycles. The summed E-state index contributed by atoms with van der Waals surface area (Å²) >= 11 is 6.40. The second kappa shape index (κ2) is 7.67. The van der Waals surface area contributed by atoms with Crippen molar-refractivity contribution in [2.45, 2.75) is 39.3 Å². The summed E-state index contributed by atoms with van der Waals surface area (Å²) in [6.07, 6.45) is 1.36. The number of benzene rings is 1. The number of piperazine rings is 1. The van der Waals surface area contributed by atoms with Gasteiger partial charge in [0.25, 0.3) is 5.91 Å². The molecule has 10 heteroatoms. The highest BCUT2D eigenvalue weighted by atomic mass is 35.5. The van der Waals surface area contributed by atoms with Gasteiger partial charge in [0.2, 0.25) is 5.91 Å². The highest BCUT2D eigenvalue weighted by Gasteiger charge is 2.47. The predicted octanol–water partition coefficient (Wildman–Crippen LogP) is 3.00. The Morgan fingerprint density at radius 3 is 2.69 bits per heavy atom. The first-order valence-corrected chi connectivity index (χ1v) is 10.5. The molecule has 2 N–H and O–H groups in total. The lowest BCUT2D eigenvalue weighted by molar-refractivity contribution is -0.146. The number of rotatable bonds is 3. The van der Waals surface area contributed by atoms with E-state index in [0.717, 1.165) is 5.56 Å². The van der Waals surface area contributed by atoms with E-state index >= 15 is 0 Å². The van der Waals surface area contributed by atoms with Crippen molar-refractivity contribution in [3.8, 4) is 17.0 Å². The van der Waals surface area contributed by atoms with E-state index in [9.17, 15) is 9.59 Å². The molecule has 32 heavy (non-hydrogen) atoms. The summed E-state index contributed by atoms with van der Waals surface area (Å²) in [5.41, 5.74) is 7.58. The normalized spacial score (nSPS) is 18.3. The van der Waals surface area contributed by atoms with Crippen LogP contribution in [0.4, 0.5) is 11.5 Å². The molecule has 3 aromatic rings. The van der Waals surface area contributed by atoms with Crippen LogP contribution in [0.15, 0.2) is 30.6 Å². The summed E-state index contributed by atoms with van der Waals surface area (Å²) in [6, 6.07) is 7.03. The molecule has 0 bridgehead atoms. The maximum atomic E-state index is 13.6. The van der Waals surface area contributed by atoms with Gasteiger partial charge in [0.1, 0.15) is 23.1 Å². The van der Waals surface area contributed by atoms with Crippen molar-refractivity contribution in [3.63, 3.8) is 0 Å². The van der Waals surface area contributed by atoms with Gasteiger partial charge in [-0.2, -0.15) is 5.10 Å². The number of carbonyl (C=O) groups excluding carboxylic acids is 2. The summed E-state index contributed by atoms with van der Waals surface area (Å²) in [6.45, 7) is 7.31. The molecule has 4 rings (SSSR count). The number of ether oxygens (including phenoxy) is 1. The molecule has 0 saturated carbocycles. The maximum absolute atomic E-state index is 13.6. The van der Waals surface area contributed by atoms with Gasteiger partial charge in [-0.05, 0) is 45.0 Å². The standard InChI is InChI=1S/C22H25ClN6O3/c1-12-10-27(13(2)30)22(3,4)21(31)28(12)17-8-14(6-7-18(17)32-5)16-9-15(23)19-20(24)25-11-26-29(16)19/h6-9,11-12H,10H2,1-5H3,(H2,24,25,26). The summed E-state index contributed by atoms with van der Waals surface area (Å²) in [4.78, 5) is 33.0. The van der Waals surface area contributed by atoms with Crippen LogP contribution in [0.5, 0.6) is 5.75 Å². The van der Waals surface area contributed by atoms with E-state index in [1.165, 1.54) is 13.3 Å². The van der Waals surface area contributed by atoms with E-state index in [1.807, 2.05) is 19.1 Å². The third-order valence-corrected chi connectivity index (χ3v) is 6.24. The molecule has 1 atom stereocenters. The molecule has 1 aliphatic rings. The van der Waals surface area contributed by atoms with Crippen LogP contribution in [-0.2, 0) is 9.59 Å². The van der Waals surface area contributed by atoms with Crippen LogP contribution in [-0.4, -0.2) is 56.5 Å². The van der Waals surface area contributed by atoms with Gasteiger partial charge in [-0.15, -0.1) is 0 Å². The topological polar surface area (TPSA) is 106 Å². The Kier molecular flexibility index (Phi) is 5.24. The van der Waals surface area contributed by atoms with E-state index in [4.69, 9.17) is 22.1 Å². The van der Waals surface area contributed by atoms with Crippen LogP contribution in [0.25, 0.3) is 16.8 Å². The zero-order valence-corrected chi connectivity index (χ0v) is 19.3. The van der Waals surface area contributed by atoms with Crippen molar-refractivity contribution in [3.05, 3.63) is 35.6 Å². The smallest absolute Gasteiger partial charge is 0.252 e. The summed E-state index contributed by atoms with van der Waals surface area (Å²) in [5.74, 6) is 0.492. The number of carbonyl (C=O) groups is 2. The van der Waals surface area contributed by atoms with Crippen LogP contribution in [0.1, 0.15) is 27.7 Å². The lowest BCUT2D eigenvalue weighted by atomic mass is 9.93. The van der Waals surface area contributed by atoms with Crippen LogP contribution in [0.2, 0.25) is 5.02 Å². The van der Waals surface area contributed by atoms with Crippen molar-refractivity contribution < 1.29 is 14.3 Å². The number of anilines is 2. The number of nitrogens with zero attached hydrogens (tertiary/aromatic N) is 5. The van der Waals surface area contributed by atoms with Crippen LogP contribution in [0.3, 0.4) is 0 Å². The van der Waals surface area contributed by atoms with Gasteiger partial charge in [0.05, 0.1) is 29.6 Å². The fourth-order valence-electron chi connectivity index (χ4n) is 4.32. The van der Waals surface area contributed by atoms with Crippen molar-refractivity contribution in [1.82, 2.24) is 19.5 Å². The van der Waals surface area contributed by atoms with Gasteiger partial charge < -0.3 is 20.3 Å². The van der Waals surface area contributed by atoms with Gasteiger partial charge in [0, 0.05) is 19.0 Å². The van der Waals surface area contributed by atoms with Crippen molar-refractivity contribution in [1.29, 1.82) is 0 Å². The first-order chi connectivity index (χ1) is 15.1. The number of hydrogen-bond acceptors (Lipinski definition) is 6. The van der Waals surface area contributed by atoms with Gasteiger partial charge in [-0.1, -0.05) is 11.6 Å². The summed E-state index contributed by atoms with van der Waals surface area (Å²) in [5, 5.41) is 4.72. The molecule has 1 fully saturated rings. The minimum Gasteiger partial charge on any atom is -0.495 e. The molecule has 168 valence electrons. The van der Waals surface area contributed by atoms with Gasteiger partial charge in [-0.3, -0.25) is 9.59 Å². The Hall–Kier alpha value is -3.33. The van der Waals surface area contributed by atoms with Crippen LogP contribution in [0, 0.1) is 0 Å². The largest absolute Gasteiger partial charge is 0.495 e. The lowest BCUT2D eigenvalue weighted by Crippen LogP contribution is -2.67. The number of halogens is 1. The number of aromatic nitrogens is 3. The first kappa shape index (κ1) is 21.9. The molecule has 1 aromatic carbocycles. The number of nitrogens with two attached hydrogens (primary N) is 1. The third-order valence-electron chi connectivity index (χ3n) is 5.96. The second-order valence-corrected chi connectivity index (χ2v) is 8.79. The van der Waals surface area contributed by atoms with Crippen molar-refractivity contribution >= 4 is 40.4 Å². The second-order valence-electron chi connectivity index (χ2n) is 8.38. The number of fused-ring (bicyclic) bond motifs is 1. The van der Waals surface area contributed by atoms with E-state index in [2.05, 4.69) is 10.1 Å². The molecule has 1 aliphatic heterocycles. The zero-order chi connectivity index (χ0) is 23.4. The summed E-state index contributed by atoms with van der Waals surface area (Å²) < 4.78 is 7.21. The minimum atomic E-state index is -0.994. The number of methoxy groups -OCH3 is 1. The van der Waals surface area contributed by atoms with E-state index < -0.39 is 5.54 Å². The van der Waals surface area contributed by atoms with E-state index in [-0.39, 0.29) is 23.7 Å². The molecule has 3 heterocycles. The Balaban J connectivity index is 1.87. The maximum Gasteiger partial charge on any atom is 0.252 e. The quantitative estimate of drug-likeness (QED) is 0.649. The fourth-order valence-corrected chi connectivity index (χ4v) is 4.60. The molecular weight excluding hydrogens is 432 g/mol. The predicted molar refractivity (Wildman–Crippen MR) is 123 cm³/mol. The molecule has 9 nitrogen and oxygen atoms in total. The first-order valence-electron chi connectivity index (χ1n) is 10.2. The average molecular weight is 457 g/mol. The Labute approximate surface area is 190 Å². The third kappa shape index (κ3) is 3.24. The van der Waals surface area contributed by atoms with Gasteiger partial charge >= 0.3 is 0 Å². The average Bonchev–Trinajstić information content (AvgIpc) is 3.08. The Bertz CT molecular complexity index is 1240. The summed E-state index contributed by atoms with van der Waals surface area (Å²) in [7, 11) is 1.56. The van der Waals surface area contributed by atoms with Crippen LogP contribution >= 0.6 is 11.6 Å². The van der Waals surface area contributed by atoms with Gasteiger partial charge in [0.15, 0.2) is 5.82 Å². The van der Waals surface area contributed by atoms with Crippen LogP contribution < -0.4 is 15.4 Å². The van der Waals surface area contributed by atoms with E-state index in [0.29, 0.717) is 34.2 Å². The number of amides is 2. The Morgan fingerprint density at radius 1 is 1.31 bits per heavy atom. The molecule has 0 spiro atoms. The molecule has 2 amide bonds. The SMILES string of the molecule is COc1ccc(-c2cc(Cl)c3c(N)ncnn23)cc1N1C(=O)C(C)(C)N(C(C)=O)CC1C. The zero-order valence-electron chi connectivity index (χ0n) is 18.6. The Morgan fingerprint density at radius 2 is 2.03 bits per heavy atom. The molecule has 0 radical (unpaired) electrons. The molecule has 1 unspecified atom stereocenters. The monoisotopic (exact) mass is 456 g/mol. The minimum absolute atomic E-state index is 0.137. The fraction of sp³-hybridized carbons (Fsp3) is 0.364. The molecular formula is C22H25ClN6O3. The molecule has 0 aliphatic carbocycles.